The molecule has 0 saturated carbocycles. The maximum absolute atomic E-state index is 3.61. The van der Waals surface area contributed by atoms with Gasteiger partial charge in [0.25, 0.3) is 0 Å². The summed E-state index contributed by atoms with van der Waals surface area (Å²) in [6.07, 6.45) is 0. The van der Waals surface area contributed by atoms with E-state index < -0.39 is 0 Å². The minimum Gasteiger partial charge on any atom is -0.313 e. The maximum Gasteiger partial charge on any atom is 0.0487 e. The summed E-state index contributed by atoms with van der Waals surface area (Å²) in [5.74, 6) is 0. The van der Waals surface area contributed by atoms with Gasteiger partial charge >= 0.3 is 0 Å². The van der Waals surface area contributed by atoms with Crippen molar-refractivity contribution in [2.75, 3.05) is 6.54 Å². The summed E-state index contributed by atoms with van der Waals surface area (Å²) in [6.45, 7) is 6.24. The van der Waals surface area contributed by atoms with Crippen LogP contribution in [0.3, 0.4) is 0 Å². The van der Waals surface area contributed by atoms with Crippen LogP contribution in [0.1, 0.15) is 18.1 Å². The van der Waals surface area contributed by atoms with Gasteiger partial charge in [-0.2, -0.15) is 0 Å². The van der Waals surface area contributed by atoms with Gasteiger partial charge < -0.3 is 5.32 Å². The highest BCUT2D eigenvalue weighted by atomic mass is 79.9. The summed E-state index contributed by atoms with van der Waals surface area (Å²) in [7, 11) is 0. The van der Waals surface area contributed by atoms with Crippen molar-refractivity contribution < 1.29 is 0 Å². The average Bonchev–Trinajstić information content (AvgIpc) is 2.74. The second kappa shape index (κ2) is 5.80. The Kier molecular flexibility index (Phi) is 4.37. The van der Waals surface area contributed by atoms with Gasteiger partial charge in [0.05, 0.1) is 0 Å². The number of nitrogens with one attached hydrogen (secondary N) is 1. The van der Waals surface area contributed by atoms with Crippen molar-refractivity contribution in [3.05, 3.63) is 45.2 Å². The van der Waals surface area contributed by atoms with Gasteiger partial charge in [-0.1, -0.05) is 19.1 Å². The van der Waals surface area contributed by atoms with Crippen molar-refractivity contribution in [2.24, 2.45) is 0 Å². The smallest absolute Gasteiger partial charge is 0.0487 e. The van der Waals surface area contributed by atoms with Gasteiger partial charge in [-0.15, -0.1) is 11.3 Å². The fraction of sp³-hybridized carbons (Fsp3) is 0.286. The van der Waals surface area contributed by atoms with Crippen molar-refractivity contribution in [3.63, 3.8) is 0 Å². The summed E-state index contributed by atoms with van der Waals surface area (Å²) in [6, 6.07) is 8.79. The lowest BCUT2D eigenvalue weighted by molar-refractivity contribution is 0.727. The van der Waals surface area contributed by atoms with Crippen LogP contribution in [0.15, 0.2) is 34.1 Å². The zero-order valence-electron chi connectivity index (χ0n) is 10.1. The predicted molar refractivity (Wildman–Crippen MR) is 79.6 cm³/mol. The zero-order valence-corrected chi connectivity index (χ0v) is 12.5. The van der Waals surface area contributed by atoms with Crippen molar-refractivity contribution in [1.82, 2.24) is 5.32 Å². The molecule has 1 aromatic carbocycles. The van der Waals surface area contributed by atoms with Crippen LogP contribution < -0.4 is 5.32 Å². The molecule has 0 aliphatic rings. The predicted octanol–water partition coefficient (Wildman–Crippen LogP) is 4.60. The largest absolute Gasteiger partial charge is 0.313 e. The molecule has 0 bridgehead atoms. The molecule has 17 heavy (non-hydrogen) atoms. The number of halogens is 1. The Hall–Kier alpha value is -0.640. The van der Waals surface area contributed by atoms with Crippen molar-refractivity contribution in [1.29, 1.82) is 0 Å². The number of benzene rings is 1. The number of aryl methyl sites for hydroxylation is 1. The first-order valence-electron chi connectivity index (χ1n) is 5.76. The molecule has 0 fully saturated rings. The molecule has 0 spiro atoms. The van der Waals surface area contributed by atoms with Crippen molar-refractivity contribution >= 4 is 27.3 Å². The topological polar surface area (TPSA) is 12.0 Å². The molecule has 0 saturated heterocycles. The Morgan fingerprint density at radius 3 is 2.76 bits per heavy atom. The zero-order chi connectivity index (χ0) is 12.3. The van der Waals surface area contributed by atoms with Crippen LogP contribution in [0, 0.1) is 6.92 Å². The summed E-state index contributed by atoms with van der Waals surface area (Å²) in [5.41, 5.74) is 4.00. The lowest BCUT2D eigenvalue weighted by atomic mass is 10.0. The number of hydrogen-bond acceptors (Lipinski definition) is 2. The molecule has 0 atom stereocenters. The van der Waals surface area contributed by atoms with E-state index in [2.05, 4.69) is 64.7 Å². The Morgan fingerprint density at radius 2 is 2.12 bits per heavy atom. The van der Waals surface area contributed by atoms with Gasteiger partial charge in [-0.25, -0.2) is 0 Å². The first-order valence-corrected chi connectivity index (χ1v) is 7.43. The second-order valence-corrected chi connectivity index (χ2v) is 5.80. The number of thiophene rings is 1. The van der Waals surface area contributed by atoms with Crippen molar-refractivity contribution in [3.8, 4) is 10.4 Å². The van der Waals surface area contributed by atoms with Crippen LogP contribution in [0.2, 0.25) is 0 Å². The fourth-order valence-corrected chi connectivity index (χ4v) is 3.45. The lowest BCUT2D eigenvalue weighted by Crippen LogP contribution is -2.11. The van der Waals surface area contributed by atoms with Crippen LogP contribution in [0.5, 0.6) is 0 Å². The van der Waals surface area contributed by atoms with Crippen LogP contribution in [0.4, 0.5) is 0 Å². The molecule has 0 radical (unpaired) electrons. The highest BCUT2D eigenvalue weighted by Gasteiger charge is 2.08. The monoisotopic (exact) mass is 309 g/mol. The minimum absolute atomic E-state index is 0.937. The fourth-order valence-electron chi connectivity index (χ4n) is 1.78. The maximum atomic E-state index is 3.61. The van der Waals surface area contributed by atoms with Gasteiger partial charge in [0.2, 0.25) is 0 Å². The highest BCUT2D eigenvalue weighted by Crippen LogP contribution is 2.35. The molecule has 0 amide bonds. The molecule has 0 aliphatic heterocycles. The van der Waals surface area contributed by atoms with Gasteiger partial charge in [-0.05, 0) is 63.6 Å². The minimum atomic E-state index is 0.937. The van der Waals surface area contributed by atoms with Crippen LogP contribution >= 0.6 is 27.3 Å². The van der Waals surface area contributed by atoms with E-state index in [1.807, 2.05) is 0 Å². The Balaban J connectivity index is 2.36. The molecule has 2 aromatic rings. The van der Waals surface area contributed by atoms with Crippen LogP contribution in [-0.2, 0) is 6.54 Å². The standard InChI is InChI=1S/C14H16BrNS/c1-3-16-9-11-5-4-10(2)12(8-11)14-13(15)6-7-17-14/h4-8,16H,3,9H2,1-2H3. The molecule has 0 aliphatic carbocycles. The van der Waals surface area contributed by atoms with E-state index in [1.54, 1.807) is 11.3 Å². The molecule has 3 heteroatoms. The molecule has 0 unspecified atom stereocenters. The summed E-state index contributed by atoms with van der Waals surface area (Å²) in [4.78, 5) is 1.32. The van der Waals surface area contributed by atoms with Crippen LogP contribution in [0.25, 0.3) is 10.4 Å². The Morgan fingerprint density at radius 1 is 1.29 bits per heavy atom. The second-order valence-electron chi connectivity index (χ2n) is 4.03. The number of rotatable bonds is 4. The molecule has 1 heterocycles. The SMILES string of the molecule is CCNCc1ccc(C)c(-c2sccc2Br)c1. The Bertz CT molecular complexity index is 505. The van der Waals surface area contributed by atoms with E-state index in [9.17, 15) is 0 Å². The molecular weight excluding hydrogens is 294 g/mol. The van der Waals surface area contributed by atoms with Crippen molar-refractivity contribution in [2.45, 2.75) is 20.4 Å². The molecule has 90 valence electrons. The third kappa shape index (κ3) is 2.97. The van der Waals surface area contributed by atoms with Gasteiger partial charge in [-0.3, -0.25) is 0 Å². The van der Waals surface area contributed by atoms with E-state index in [0.717, 1.165) is 13.1 Å². The van der Waals surface area contributed by atoms with E-state index >= 15 is 0 Å². The van der Waals surface area contributed by atoms with Gasteiger partial charge in [0.15, 0.2) is 0 Å². The van der Waals surface area contributed by atoms with Crippen LogP contribution in [-0.4, -0.2) is 6.54 Å². The summed E-state index contributed by atoms with van der Waals surface area (Å²) in [5, 5.41) is 5.48. The van der Waals surface area contributed by atoms with E-state index in [1.165, 1.54) is 26.0 Å². The third-order valence-corrected chi connectivity index (χ3v) is 4.61. The average molecular weight is 310 g/mol. The third-order valence-electron chi connectivity index (χ3n) is 2.74. The normalized spacial score (nSPS) is 10.8. The van der Waals surface area contributed by atoms with Gasteiger partial charge in [0.1, 0.15) is 0 Å². The van der Waals surface area contributed by atoms with E-state index in [4.69, 9.17) is 0 Å². The first-order chi connectivity index (χ1) is 8.22. The highest BCUT2D eigenvalue weighted by molar-refractivity contribution is 9.10. The molecule has 1 nitrogen and oxygen atoms in total. The quantitative estimate of drug-likeness (QED) is 0.870. The summed E-state index contributed by atoms with van der Waals surface area (Å²) < 4.78 is 1.19. The first kappa shape index (κ1) is 12.8. The lowest BCUT2D eigenvalue weighted by Gasteiger charge is -2.08. The van der Waals surface area contributed by atoms with E-state index in [-0.39, 0.29) is 0 Å². The van der Waals surface area contributed by atoms with Gasteiger partial charge in [0, 0.05) is 15.9 Å². The van der Waals surface area contributed by atoms with E-state index in [0.29, 0.717) is 0 Å². The summed E-state index contributed by atoms with van der Waals surface area (Å²) >= 11 is 5.39. The molecule has 1 N–H and O–H groups in total. The number of hydrogen-bond donors (Lipinski definition) is 1. The molecule has 2 rings (SSSR count). The molecular formula is C14H16BrNS. The molecule has 1 aromatic heterocycles. The Labute approximate surface area is 115 Å².